The molecule has 2 heterocycles. The Bertz CT molecular complexity index is 501. The molecule has 2 aliphatic rings. The van der Waals surface area contributed by atoms with E-state index in [0.717, 1.165) is 84.5 Å². The maximum absolute atomic E-state index is 10.7. The largest absolute Gasteiger partial charge is 0.396 e. The van der Waals surface area contributed by atoms with Crippen LogP contribution < -0.4 is 0 Å². The highest BCUT2D eigenvalue weighted by atomic mass is 16.3. The zero-order valence-electron chi connectivity index (χ0n) is 22.2. The van der Waals surface area contributed by atoms with Crippen LogP contribution in [0.3, 0.4) is 0 Å². The summed E-state index contributed by atoms with van der Waals surface area (Å²) in [7, 11) is 2.17. The van der Waals surface area contributed by atoms with Crippen LogP contribution in [0.1, 0.15) is 72.1 Å². The van der Waals surface area contributed by atoms with Crippen molar-refractivity contribution in [2.75, 3.05) is 66.0 Å². The van der Waals surface area contributed by atoms with Crippen molar-refractivity contribution in [1.29, 1.82) is 0 Å². The molecule has 0 aromatic rings. The Balaban J connectivity index is 1.63. The minimum atomic E-state index is -0.241. The summed E-state index contributed by atoms with van der Waals surface area (Å²) >= 11 is 0. The number of hydrogen-bond donors (Lipinski definition) is 3. The number of piperazine rings is 1. The Hall–Kier alpha value is -0.240. The molecule has 0 aromatic heterocycles. The third-order valence-corrected chi connectivity index (χ3v) is 8.00. The van der Waals surface area contributed by atoms with Crippen LogP contribution in [0.4, 0.5) is 0 Å². The molecule has 6 unspecified atom stereocenters. The van der Waals surface area contributed by atoms with Crippen molar-refractivity contribution in [2.24, 2.45) is 23.7 Å². The van der Waals surface area contributed by atoms with Crippen LogP contribution in [0.25, 0.3) is 0 Å². The molecule has 0 spiro atoms. The number of likely N-dealkylation sites (tertiary alicyclic amines) is 1. The van der Waals surface area contributed by atoms with Crippen molar-refractivity contribution in [3.63, 3.8) is 0 Å². The Morgan fingerprint density at radius 3 is 2.03 bits per heavy atom. The number of hydrogen-bond acceptors (Lipinski definition) is 6. The lowest BCUT2D eigenvalue weighted by molar-refractivity contribution is 0.0534. The molecule has 0 bridgehead atoms. The molecule has 6 heteroatoms. The van der Waals surface area contributed by atoms with Crippen LogP contribution in [0.2, 0.25) is 0 Å². The van der Waals surface area contributed by atoms with Gasteiger partial charge in [0.2, 0.25) is 0 Å². The quantitative estimate of drug-likeness (QED) is 0.343. The highest BCUT2D eigenvalue weighted by Gasteiger charge is 2.25. The number of nitrogens with zero attached hydrogens (tertiary/aromatic N) is 3. The van der Waals surface area contributed by atoms with Gasteiger partial charge in [0.25, 0.3) is 0 Å². The molecule has 2 rings (SSSR count). The summed E-state index contributed by atoms with van der Waals surface area (Å²) in [6.07, 6.45) is 8.17. The maximum atomic E-state index is 10.7. The molecule has 2 saturated heterocycles. The number of likely N-dealkylation sites (N-methyl/N-ethyl adjacent to an activating group) is 1. The van der Waals surface area contributed by atoms with E-state index in [2.05, 4.69) is 42.5 Å². The molecular formula is C27H55N3O3. The van der Waals surface area contributed by atoms with E-state index < -0.39 is 0 Å². The fraction of sp³-hybridized carbons (Fsp3) is 1.00. The SMILES string of the molecule is CC(CCO)CCC(C)CC(O)CN1CCCC(CC(C)CC(O)CN2CCN(C)CC2)C1. The van der Waals surface area contributed by atoms with Crippen molar-refractivity contribution in [1.82, 2.24) is 14.7 Å². The van der Waals surface area contributed by atoms with Gasteiger partial charge in [-0.05, 0) is 75.8 Å². The lowest BCUT2D eigenvalue weighted by Gasteiger charge is -2.36. The lowest BCUT2D eigenvalue weighted by Crippen LogP contribution is -2.47. The number of aliphatic hydroxyl groups is 3. The van der Waals surface area contributed by atoms with Crippen molar-refractivity contribution in [2.45, 2.75) is 84.3 Å². The summed E-state index contributed by atoms with van der Waals surface area (Å²) in [5.41, 5.74) is 0. The first kappa shape index (κ1) is 29.0. The fourth-order valence-electron chi connectivity index (χ4n) is 5.93. The van der Waals surface area contributed by atoms with Crippen LogP contribution >= 0.6 is 0 Å². The van der Waals surface area contributed by atoms with E-state index in [1.807, 2.05) is 0 Å². The van der Waals surface area contributed by atoms with Gasteiger partial charge in [-0.15, -0.1) is 0 Å². The van der Waals surface area contributed by atoms with Gasteiger partial charge in [-0.2, -0.15) is 0 Å². The molecule has 2 fully saturated rings. The third kappa shape index (κ3) is 12.3. The molecule has 2 aliphatic heterocycles. The standard InChI is InChI=1S/C27H55N3O3/c1-22(9-15-31)7-8-23(2)17-26(32)21-30-10-5-6-25(19-30)16-24(3)18-27(33)20-29-13-11-28(4)12-14-29/h22-27,31-33H,5-21H2,1-4H3. The number of piperidine rings is 1. The molecule has 196 valence electrons. The second-order valence-corrected chi connectivity index (χ2v) is 11.8. The van der Waals surface area contributed by atoms with E-state index in [9.17, 15) is 10.2 Å². The predicted molar refractivity (Wildman–Crippen MR) is 137 cm³/mol. The van der Waals surface area contributed by atoms with Gasteiger partial charge >= 0.3 is 0 Å². The van der Waals surface area contributed by atoms with E-state index in [4.69, 9.17) is 5.11 Å². The summed E-state index contributed by atoms with van der Waals surface area (Å²) < 4.78 is 0. The van der Waals surface area contributed by atoms with Crippen molar-refractivity contribution < 1.29 is 15.3 Å². The van der Waals surface area contributed by atoms with Crippen LogP contribution in [0.15, 0.2) is 0 Å². The van der Waals surface area contributed by atoms with E-state index in [1.165, 1.54) is 19.3 Å². The second-order valence-electron chi connectivity index (χ2n) is 11.8. The Morgan fingerprint density at radius 2 is 1.36 bits per heavy atom. The monoisotopic (exact) mass is 469 g/mol. The summed E-state index contributed by atoms with van der Waals surface area (Å²) in [6, 6.07) is 0. The molecule has 6 nitrogen and oxygen atoms in total. The molecule has 33 heavy (non-hydrogen) atoms. The van der Waals surface area contributed by atoms with Gasteiger partial charge in [-0.3, -0.25) is 4.90 Å². The van der Waals surface area contributed by atoms with E-state index in [-0.39, 0.29) is 18.8 Å². The fourth-order valence-corrected chi connectivity index (χ4v) is 5.93. The van der Waals surface area contributed by atoms with Gasteiger partial charge in [0.05, 0.1) is 12.2 Å². The Kier molecular flexibility index (Phi) is 13.8. The summed E-state index contributed by atoms with van der Waals surface area (Å²) in [5, 5.41) is 30.4. The van der Waals surface area contributed by atoms with Crippen molar-refractivity contribution in [3.8, 4) is 0 Å². The molecule has 3 N–H and O–H groups in total. The number of β-amino-alcohol motifs (C(OH)–C–C–N with tert-alkyl or cyclic N) is 2. The second kappa shape index (κ2) is 15.7. The van der Waals surface area contributed by atoms with Gasteiger partial charge in [0.1, 0.15) is 0 Å². The lowest BCUT2D eigenvalue weighted by atomic mass is 9.86. The van der Waals surface area contributed by atoms with Gasteiger partial charge < -0.3 is 25.1 Å². The zero-order valence-corrected chi connectivity index (χ0v) is 22.2. The molecule has 0 amide bonds. The van der Waals surface area contributed by atoms with Crippen LogP contribution in [0.5, 0.6) is 0 Å². The minimum Gasteiger partial charge on any atom is -0.396 e. The number of rotatable bonds is 15. The first-order valence-corrected chi connectivity index (χ1v) is 13.8. The molecule has 6 atom stereocenters. The molecule has 0 aromatic carbocycles. The Morgan fingerprint density at radius 1 is 0.758 bits per heavy atom. The van der Waals surface area contributed by atoms with Gasteiger partial charge in [0.15, 0.2) is 0 Å². The van der Waals surface area contributed by atoms with Gasteiger partial charge in [0, 0.05) is 52.4 Å². The number of aliphatic hydroxyl groups excluding tert-OH is 3. The Labute approximate surface area is 204 Å². The molecule has 0 aliphatic carbocycles. The van der Waals surface area contributed by atoms with Gasteiger partial charge in [-0.1, -0.05) is 33.6 Å². The predicted octanol–water partition coefficient (Wildman–Crippen LogP) is 2.91. The van der Waals surface area contributed by atoms with E-state index in [1.54, 1.807) is 0 Å². The van der Waals surface area contributed by atoms with Gasteiger partial charge in [-0.25, -0.2) is 0 Å². The smallest absolute Gasteiger partial charge is 0.0669 e. The highest BCUT2D eigenvalue weighted by molar-refractivity contribution is 4.79. The summed E-state index contributed by atoms with van der Waals surface area (Å²) in [6.45, 7) is 15.2. The topological polar surface area (TPSA) is 70.4 Å². The first-order chi connectivity index (χ1) is 15.7. The van der Waals surface area contributed by atoms with Crippen molar-refractivity contribution >= 4 is 0 Å². The molecule has 0 radical (unpaired) electrons. The summed E-state index contributed by atoms with van der Waals surface area (Å²) in [5.74, 6) is 2.33. The van der Waals surface area contributed by atoms with Crippen LogP contribution in [0, 0.1) is 23.7 Å². The third-order valence-electron chi connectivity index (χ3n) is 8.00. The van der Waals surface area contributed by atoms with Crippen LogP contribution in [-0.2, 0) is 0 Å². The van der Waals surface area contributed by atoms with Crippen LogP contribution in [-0.4, -0.2) is 108 Å². The van der Waals surface area contributed by atoms with E-state index in [0.29, 0.717) is 23.7 Å². The maximum Gasteiger partial charge on any atom is 0.0669 e. The van der Waals surface area contributed by atoms with Crippen molar-refractivity contribution in [3.05, 3.63) is 0 Å². The van der Waals surface area contributed by atoms with E-state index >= 15 is 0 Å². The molecule has 0 saturated carbocycles. The average molecular weight is 470 g/mol. The highest BCUT2D eigenvalue weighted by Crippen LogP contribution is 2.26. The first-order valence-electron chi connectivity index (χ1n) is 13.8. The average Bonchev–Trinajstić information content (AvgIpc) is 2.74. The normalized spacial score (nSPS) is 26.1. The molecular weight excluding hydrogens is 414 g/mol. The minimum absolute atomic E-state index is 0.216. The zero-order chi connectivity index (χ0) is 24.2. The summed E-state index contributed by atoms with van der Waals surface area (Å²) in [4.78, 5) is 7.25.